The van der Waals surface area contributed by atoms with E-state index in [1.54, 1.807) is 48.5 Å². The van der Waals surface area contributed by atoms with Crippen molar-refractivity contribution in [1.82, 2.24) is 0 Å². The predicted octanol–water partition coefficient (Wildman–Crippen LogP) is 7.19. The molecule has 0 aliphatic rings. The van der Waals surface area contributed by atoms with Crippen LogP contribution in [0.3, 0.4) is 0 Å². The first-order valence-electron chi connectivity index (χ1n) is 9.97. The third-order valence-electron chi connectivity index (χ3n) is 3.43. The maximum atomic E-state index is 13.9. The Morgan fingerprint density at radius 1 is 0.645 bits per heavy atom. The van der Waals surface area contributed by atoms with Crippen molar-refractivity contribution in [3.05, 3.63) is 60.7 Å². The molecule has 2 aromatic rings. The van der Waals surface area contributed by atoms with Crippen LogP contribution in [0.1, 0.15) is 41.5 Å². The summed E-state index contributed by atoms with van der Waals surface area (Å²) in [6, 6.07) is 17.4. The molecule has 0 atom stereocenters. The van der Waals surface area contributed by atoms with Crippen LogP contribution in [0.5, 0.6) is 11.5 Å². The van der Waals surface area contributed by atoms with E-state index in [9.17, 15) is 9.13 Å². The van der Waals surface area contributed by atoms with Gasteiger partial charge in [-0.2, -0.15) is 0 Å². The number of hydrogen-bond donors (Lipinski definition) is 0. The fourth-order valence-corrected chi connectivity index (χ4v) is 15.0. The molecule has 6 nitrogen and oxygen atoms in total. The van der Waals surface area contributed by atoms with Crippen LogP contribution in [0.15, 0.2) is 60.7 Å². The zero-order chi connectivity index (χ0) is 23.2. The summed E-state index contributed by atoms with van der Waals surface area (Å²) in [5.74, 6) is 0.726. The van der Waals surface area contributed by atoms with Crippen LogP contribution in [-0.2, 0) is 18.2 Å². The Bertz CT molecular complexity index is 840. The van der Waals surface area contributed by atoms with E-state index in [0.717, 1.165) is 0 Å². The molecule has 0 saturated carbocycles. The number of rotatable bonds is 10. The van der Waals surface area contributed by atoms with E-state index < -0.39 is 26.6 Å². The van der Waals surface area contributed by atoms with Crippen molar-refractivity contribution in [2.75, 3.05) is 13.2 Å². The van der Waals surface area contributed by atoms with Crippen molar-refractivity contribution in [3.63, 3.8) is 0 Å². The van der Waals surface area contributed by atoms with Gasteiger partial charge in [0, 0.05) is 0 Å². The minimum absolute atomic E-state index is 0.187. The van der Waals surface area contributed by atoms with Crippen molar-refractivity contribution in [2.45, 2.75) is 41.5 Å². The monoisotopic (exact) mass is 534 g/mol. The van der Waals surface area contributed by atoms with E-state index in [-0.39, 0.29) is 24.0 Å². The molecule has 9 heteroatoms. The second kappa shape index (κ2) is 10.7. The SMILES string of the molecule is CC(C)(C)COP(=O)(OCC(C)(C)C)[Se]P(=O)(Oc1ccccc1)Oc1ccccc1. The Balaban J connectivity index is 2.35. The van der Waals surface area contributed by atoms with Gasteiger partial charge in [-0.25, -0.2) is 0 Å². The first-order valence-corrected chi connectivity index (χ1v) is 17.5. The Hall–Kier alpha value is -1.06. The van der Waals surface area contributed by atoms with E-state index in [0.29, 0.717) is 11.5 Å². The summed E-state index contributed by atoms with van der Waals surface area (Å²) in [4.78, 5) is 0. The Morgan fingerprint density at radius 2 is 1.00 bits per heavy atom. The molecule has 0 unspecified atom stereocenters. The summed E-state index contributed by atoms with van der Waals surface area (Å²) < 4.78 is 50.8. The molecule has 0 heterocycles. The molecule has 0 N–H and O–H groups in total. The van der Waals surface area contributed by atoms with Crippen LogP contribution in [0.25, 0.3) is 0 Å². The average Bonchev–Trinajstić information content (AvgIpc) is 2.65. The number of benzene rings is 2. The second-order valence-electron chi connectivity index (χ2n) is 9.45. The summed E-state index contributed by atoms with van der Waals surface area (Å²) in [7, 11) is 0. The van der Waals surface area contributed by atoms with Gasteiger partial charge < -0.3 is 0 Å². The molecule has 0 aliphatic carbocycles. The summed E-state index contributed by atoms with van der Waals surface area (Å²) in [6.45, 7) is 12.2. The van der Waals surface area contributed by atoms with Crippen molar-refractivity contribution >= 4 is 26.6 Å². The van der Waals surface area contributed by atoms with Crippen molar-refractivity contribution in [2.24, 2.45) is 10.8 Å². The van der Waals surface area contributed by atoms with E-state index in [2.05, 4.69) is 0 Å². The molecular weight excluding hydrogens is 501 g/mol. The van der Waals surface area contributed by atoms with E-state index in [1.165, 1.54) is 0 Å². The zero-order valence-corrected chi connectivity index (χ0v) is 22.4. The molecule has 0 radical (unpaired) electrons. The molecule has 0 saturated heterocycles. The molecule has 0 aliphatic heterocycles. The second-order valence-corrected chi connectivity index (χ2v) is 21.5. The van der Waals surface area contributed by atoms with E-state index in [1.807, 2.05) is 53.7 Å². The average molecular weight is 533 g/mol. The van der Waals surface area contributed by atoms with Crippen molar-refractivity contribution < 1.29 is 27.2 Å². The molecule has 0 bridgehead atoms. The van der Waals surface area contributed by atoms with Crippen molar-refractivity contribution in [1.29, 1.82) is 0 Å². The van der Waals surface area contributed by atoms with Gasteiger partial charge in [0.15, 0.2) is 0 Å². The fraction of sp³-hybridized carbons (Fsp3) is 0.455. The van der Waals surface area contributed by atoms with Gasteiger partial charge in [-0.05, 0) is 0 Å². The first-order chi connectivity index (χ1) is 14.3. The van der Waals surface area contributed by atoms with Gasteiger partial charge in [-0.3, -0.25) is 0 Å². The van der Waals surface area contributed by atoms with Crippen LogP contribution in [0.4, 0.5) is 0 Å². The van der Waals surface area contributed by atoms with E-state index in [4.69, 9.17) is 18.1 Å². The summed E-state index contributed by atoms with van der Waals surface area (Å²) in [6.07, 6.45) is -7.66. The molecule has 0 aromatic heterocycles. The third kappa shape index (κ3) is 10.4. The molecule has 0 amide bonds. The summed E-state index contributed by atoms with van der Waals surface area (Å²) >= 11 is -1.25. The van der Waals surface area contributed by atoms with Gasteiger partial charge >= 0.3 is 192 Å². The van der Waals surface area contributed by atoms with Crippen molar-refractivity contribution in [3.8, 4) is 11.5 Å². The number of hydrogen-bond acceptors (Lipinski definition) is 6. The molecule has 31 heavy (non-hydrogen) atoms. The van der Waals surface area contributed by atoms with Crippen LogP contribution < -0.4 is 9.05 Å². The van der Waals surface area contributed by atoms with Gasteiger partial charge in [0.1, 0.15) is 0 Å². The molecule has 2 aromatic carbocycles. The van der Waals surface area contributed by atoms with Gasteiger partial charge in [-0.15, -0.1) is 0 Å². The Morgan fingerprint density at radius 3 is 1.32 bits per heavy atom. The van der Waals surface area contributed by atoms with Gasteiger partial charge in [0.25, 0.3) is 0 Å². The quantitative estimate of drug-likeness (QED) is 0.238. The topological polar surface area (TPSA) is 71.1 Å². The Kier molecular flexibility index (Phi) is 9.04. The minimum atomic E-state index is -3.90. The van der Waals surface area contributed by atoms with Crippen LogP contribution in [0, 0.1) is 10.8 Å². The third-order valence-corrected chi connectivity index (χ3v) is 16.6. The van der Waals surface area contributed by atoms with Crippen LogP contribution >= 0.6 is 12.6 Å². The maximum absolute atomic E-state index is 13.9. The summed E-state index contributed by atoms with van der Waals surface area (Å²) in [5, 5.41) is 0. The molecule has 172 valence electrons. The van der Waals surface area contributed by atoms with Crippen LogP contribution in [0.2, 0.25) is 0 Å². The van der Waals surface area contributed by atoms with Gasteiger partial charge in [0.05, 0.1) is 0 Å². The molecule has 0 fully saturated rings. The number of para-hydroxylation sites is 2. The standard InChI is InChI=1S/C22H32O6P2Se/c1-21(2,3)17-25-29(23,26-18-22(4,5)6)31-30(24,27-19-13-9-7-10-14-19)28-20-15-11-8-12-16-20/h7-16H,17-18H2,1-6H3. The van der Waals surface area contributed by atoms with Gasteiger partial charge in [-0.1, -0.05) is 0 Å². The molecule has 0 spiro atoms. The zero-order valence-electron chi connectivity index (χ0n) is 18.9. The normalized spacial score (nSPS) is 13.1. The van der Waals surface area contributed by atoms with Gasteiger partial charge in [0.2, 0.25) is 0 Å². The predicted molar refractivity (Wildman–Crippen MR) is 126 cm³/mol. The summed E-state index contributed by atoms with van der Waals surface area (Å²) in [5.41, 5.74) is -0.497. The van der Waals surface area contributed by atoms with Crippen LogP contribution in [-0.4, -0.2) is 27.3 Å². The fourth-order valence-electron chi connectivity index (χ4n) is 2.03. The molecular formula is C22H32O6P2Se. The first kappa shape index (κ1) is 26.2. The van der Waals surface area contributed by atoms with E-state index >= 15 is 0 Å². The molecule has 2 rings (SSSR count). The Labute approximate surface area is 191 Å².